The van der Waals surface area contributed by atoms with Crippen LogP contribution in [0.1, 0.15) is 34.1 Å². The average molecular weight is 340 g/mol. The Morgan fingerprint density at radius 1 is 1.04 bits per heavy atom. The number of halogens is 1. The predicted molar refractivity (Wildman–Crippen MR) is 95.7 cm³/mol. The van der Waals surface area contributed by atoms with Gasteiger partial charge in [-0.05, 0) is 57.5 Å². The molecule has 0 atom stereocenters. The molecule has 0 amide bonds. The largest absolute Gasteiger partial charge is 1.00 e. The number of fused-ring (bicyclic) bond motifs is 1. The topological polar surface area (TPSA) is 42.0 Å². The highest BCUT2D eigenvalue weighted by Crippen LogP contribution is 2.29. The molecule has 0 aliphatic carbocycles. The zero-order chi connectivity index (χ0) is 16.6. The van der Waals surface area contributed by atoms with Gasteiger partial charge in [-0.25, -0.2) is 0 Å². The van der Waals surface area contributed by atoms with Gasteiger partial charge in [-0.3, -0.25) is 9.78 Å². The summed E-state index contributed by atoms with van der Waals surface area (Å²) in [5.74, 6) is 0.0658. The quantitative estimate of drug-likeness (QED) is 0.743. The third-order valence-corrected chi connectivity index (χ3v) is 3.92. The first-order valence-electron chi connectivity index (χ1n) is 7.70. The Balaban J connectivity index is 0.00000208. The number of carbonyl (C=O) groups excluding carboxylic acids is 1. The average Bonchev–Trinajstić information content (AvgIpc) is 2.49. The summed E-state index contributed by atoms with van der Waals surface area (Å²) >= 11 is 0. The fourth-order valence-electron chi connectivity index (χ4n) is 2.88. The fourth-order valence-corrected chi connectivity index (χ4v) is 2.88. The van der Waals surface area contributed by atoms with Gasteiger partial charge in [-0.1, -0.05) is 23.8 Å². The van der Waals surface area contributed by atoms with Crippen LogP contribution in [0.3, 0.4) is 0 Å². The van der Waals surface area contributed by atoms with Crippen LogP contribution in [-0.2, 0) is 0 Å². The Morgan fingerprint density at radius 3 is 2.50 bits per heavy atom. The highest BCUT2D eigenvalue weighted by Gasteiger charge is 2.08. The van der Waals surface area contributed by atoms with Gasteiger partial charge in [0.05, 0.1) is 5.52 Å². The van der Waals surface area contributed by atoms with E-state index in [1.54, 1.807) is 6.92 Å². The number of aromatic nitrogens is 1. The lowest BCUT2D eigenvalue weighted by Gasteiger charge is -2.13. The summed E-state index contributed by atoms with van der Waals surface area (Å²) in [6, 6.07) is 13.9. The predicted octanol–water partition coefficient (Wildman–Crippen LogP) is 2.11. The van der Waals surface area contributed by atoms with Crippen molar-refractivity contribution in [2.45, 2.75) is 27.7 Å². The standard InChI is InChI=1S/C20H20N2O.ClH/c1-12-8-13(2)20-18(9-12)19(10-14(3)21-20)22-17-7-5-6-16(11-17)15(4)23;/h5-11H,1-4H3,(H,21,22);1H/p-1. The Bertz CT molecular complexity index is 919. The lowest BCUT2D eigenvalue weighted by Crippen LogP contribution is -3.00. The van der Waals surface area contributed by atoms with Crippen molar-refractivity contribution in [2.75, 3.05) is 5.32 Å². The maximum Gasteiger partial charge on any atom is 0.159 e. The van der Waals surface area contributed by atoms with Gasteiger partial charge in [0.15, 0.2) is 5.78 Å². The normalized spacial score (nSPS) is 10.3. The molecule has 2 aromatic carbocycles. The zero-order valence-electron chi connectivity index (χ0n) is 14.3. The number of anilines is 2. The van der Waals surface area contributed by atoms with Crippen LogP contribution in [-0.4, -0.2) is 10.8 Å². The molecule has 4 heteroatoms. The van der Waals surface area contributed by atoms with Crippen molar-refractivity contribution < 1.29 is 17.2 Å². The van der Waals surface area contributed by atoms with Gasteiger partial charge in [0.25, 0.3) is 0 Å². The summed E-state index contributed by atoms with van der Waals surface area (Å²) < 4.78 is 0. The van der Waals surface area contributed by atoms with Crippen LogP contribution < -0.4 is 17.7 Å². The molecule has 1 heterocycles. The molecule has 3 aromatic rings. The monoisotopic (exact) mass is 339 g/mol. The Labute approximate surface area is 148 Å². The van der Waals surface area contributed by atoms with Crippen LogP contribution in [0.15, 0.2) is 42.5 Å². The van der Waals surface area contributed by atoms with Gasteiger partial charge in [0.1, 0.15) is 0 Å². The second kappa shape index (κ2) is 7.02. The van der Waals surface area contributed by atoms with Crippen molar-refractivity contribution in [3.8, 4) is 0 Å². The molecule has 0 fully saturated rings. The molecule has 0 bridgehead atoms. The summed E-state index contributed by atoms with van der Waals surface area (Å²) in [5, 5.41) is 4.54. The molecule has 0 aliphatic heterocycles. The van der Waals surface area contributed by atoms with E-state index in [-0.39, 0.29) is 18.2 Å². The van der Waals surface area contributed by atoms with E-state index in [0.29, 0.717) is 5.56 Å². The Morgan fingerprint density at radius 2 is 1.79 bits per heavy atom. The van der Waals surface area contributed by atoms with Crippen LogP contribution in [0, 0.1) is 20.8 Å². The summed E-state index contributed by atoms with van der Waals surface area (Å²) in [5.41, 5.74) is 6.99. The Hall–Kier alpha value is -2.39. The van der Waals surface area contributed by atoms with Gasteiger partial charge in [-0.15, -0.1) is 0 Å². The third kappa shape index (κ3) is 3.57. The molecular formula is C20H20ClN2O-. The molecule has 0 saturated carbocycles. The Kier molecular flexibility index (Phi) is 5.25. The van der Waals surface area contributed by atoms with E-state index in [2.05, 4.69) is 36.3 Å². The van der Waals surface area contributed by atoms with Crippen LogP contribution in [0.5, 0.6) is 0 Å². The van der Waals surface area contributed by atoms with Gasteiger partial charge in [0, 0.05) is 28.0 Å². The van der Waals surface area contributed by atoms with Crippen LogP contribution in [0.2, 0.25) is 0 Å². The van der Waals surface area contributed by atoms with E-state index < -0.39 is 0 Å². The van der Waals surface area contributed by atoms with Gasteiger partial charge in [0.2, 0.25) is 0 Å². The molecule has 0 saturated heterocycles. The number of hydrogen-bond donors (Lipinski definition) is 1. The summed E-state index contributed by atoms with van der Waals surface area (Å²) in [7, 11) is 0. The maximum atomic E-state index is 11.6. The fraction of sp³-hybridized carbons (Fsp3) is 0.200. The molecule has 0 radical (unpaired) electrons. The van der Waals surface area contributed by atoms with Crippen molar-refractivity contribution in [1.29, 1.82) is 0 Å². The number of Topliss-reactive ketones (excluding diaryl/α,β-unsaturated/α-hetero) is 1. The molecule has 3 nitrogen and oxygen atoms in total. The second-order valence-corrected chi connectivity index (χ2v) is 6.05. The maximum absolute atomic E-state index is 11.6. The van der Waals surface area contributed by atoms with Crippen molar-refractivity contribution in [2.24, 2.45) is 0 Å². The van der Waals surface area contributed by atoms with Gasteiger partial charge in [-0.2, -0.15) is 0 Å². The minimum absolute atomic E-state index is 0. The van der Waals surface area contributed by atoms with Crippen molar-refractivity contribution >= 4 is 28.1 Å². The number of pyridine rings is 1. The van der Waals surface area contributed by atoms with Crippen molar-refractivity contribution in [1.82, 2.24) is 4.98 Å². The lowest BCUT2D eigenvalue weighted by molar-refractivity contribution is -0.0000129. The molecule has 24 heavy (non-hydrogen) atoms. The molecule has 3 rings (SSSR count). The number of ketones is 1. The first-order chi connectivity index (χ1) is 10.9. The third-order valence-electron chi connectivity index (χ3n) is 3.92. The molecule has 124 valence electrons. The molecule has 0 aliphatic rings. The number of rotatable bonds is 3. The molecular weight excluding hydrogens is 320 g/mol. The summed E-state index contributed by atoms with van der Waals surface area (Å²) in [6.45, 7) is 7.75. The number of aryl methyl sites for hydroxylation is 3. The molecule has 1 aromatic heterocycles. The molecule has 0 unspecified atom stereocenters. The number of carbonyl (C=O) groups is 1. The minimum Gasteiger partial charge on any atom is -1.00 e. The van der Waals surface area contributed by atoms with E-state index in [9.17, 15) is 4.79 Å². The lowest BCUT2D eigenvalue weighted by atomic mass is 10.0. The second-order valence-electron chi connectivity index (χ2n) is 6.05. The first-order valence-corrected chi connectivity index (χ1v) is 7.70. The van der Waals surface area contributed by atoms with Crippen LogP contribution >= 0.6 is 0 Å². The van der Waals surface area contributed by atoms with Crippen molar-refractivity contribution in [3.05, 3.63) is 64.8 Å². The molecule has 1 N–H and O–H groups in total. The minimum atomic E-state index is 0. The van der Waals surface area contributed by atoms with Gasteiger partial charge >= 0.3 is 0 Å². The smallest absolute Gasteiger partial charge is 0.159 e. The first kappa shape index (κ1) is 18.0. The van der Waals surface area contributed by atoms with Gasteiger partial charge < -0.3 is 17.7 Å². The highest BCUT2D eigenvalue weighted by molar-refractivity contribution is 5.97. The molecule has 0 spiro atoms. The van der Waals surface area contributed by atoms with E-state index in [1.165, 1.54) is 11.1 Å². The van der Waals surface area contributed by atoms with E-state index in [4.69, 9.17) is 0 Å². The van der Waals surface area contributed by atoms with Crippen LogP contribution in [0.25, 0.3) is 10.9 Å². The highest BCUT2D eigenvalue weighted by atomic mass is 35.5. The van der Waals surface area contributed by atoms with Crippen LogP contribution in [0.4, 0.5) is 11.4 Å². The summed E-state index contributed by atoms with van der Waals surface area (Å²) in [6.07, 6.45) is 0. The number of nitrogens with one attached hydrogen (secondary N) is 1. The van der Waals surface area contributed by atoms with E-state index in [0.717, 1.165) is 28.0 Å². The number of hydrogen-bond acceptors (Lipinski definition) is 3. The SMILES string of the molecule is CC(=O)c1cccc(Nc2cc(C)nc3c(C)cc(C)cc23)c1.[Cl-]. The van der Waals surface area contributed by atoms with E-state index in [1.807, 2.05) is 37.3 Å². The summed E-state index contributed by atoms with van der Waals surface area (Å²) in [4.78, 5) is 16.2. The van der Waals surface area contributed by atoms with Crippen molar-refractivity contribution in [3.63, 3.8) is 0 Å². The zero-order valence-corrected chi connectivity index (χ0v) is 15.0. The number of nitrogens with zero attached hydrogens (tertiary/aromatic N) is 1. The van der Waals surface area contributed by atoms with E-state index >= 15 is 0 Å². The number of benzene rings is 2.